The normalized spacial score (nSPS) is 17.7. The number of aliphatic imine (C=N–C) groups is 1. The van der Waals surface area contributed by atoms with Crippen molar-refractivity contribution in [3.63, 3.8) is 0 Å². The molecule has 1 saturated heterocycles. The van der Waals surface area contributed by atoms with Crippen LogP contribution in [0.1, 0.15) is 31.7 Å². The van der Waals surface area contributed by atoms with Crippen molar-refractivity contribution < 1.29 is 4.79 Å². The molecule has 1 aromatic rings. The molecule has 1 fully saturated rings. The first kappa shape index (κ1) is 23.0. The fourth-order valence-electron chi connectivity index (χ4n) is 3.04. The van der Waals surface area contributed by atoms with Crippen LogP contribution in [0.15, 0.2) is 23.2 Å². The number of nitrogens with one attached hydrogen (secondary N) is 2. The van der Waals surface area contributed by atoms with Crippen molar-refractivity contribution in [1.29, 1.82) is 0 Å². The minimum Gasteiger partial charge on any atom is -0.370 e. The summed E-state index contributed by atoms with van der Waals surface area (Å²) in [7, 11) is 0. The molecule has 0 aliphatic carbocycles. The van der Waals surface area contributed by atoms with Crippen LogP contribution >= 0.6 is 35.6 Å². The average Bonchev–Trinajstić information content (AvgIpc) is 3.04. The lowest BCUT2D eigenvalue weighted by atomic mass is 10.2. The molecule has 2 rings (SSSR count). The zero-order valence-electron chi connectivity index (χ0n) is 15.4. The second-order valence-electron chi connectivity index (χ2n) is 6.29. The number of anilines is 1. The number of hydrogen-bond donors (Lipinski definition) is 3. The molecule has 1 unspecified atom stereocenters. The van der Waals surface area contributed by atoms with E-state index in [-0.39, 0.29) is 29.9 Å². The summed E-state index contributed by atoms with van der Waals surface area (Å²) in [5.74, 6) is 0.313. The fraction of sp³-hybridized carbons (Fsp3) is 0.556. The Morgan fingerprint density at radius 3 is 2.96 bits per heavy atom. The number of carbonyl (C=O) groups is 1. The van der Waals surface area contributed by atoms with Gasteiger partial charge in [-0.25, -0.2) is 0 Å². The second kappa shape index (κ2) is 11.6. The van der Waals surface area contributed by atoms with Crippen molar-refractivity contribution in [1.82, 2.24) is 10.2 Å². The molecular weight excluding hydrogens is 465 g/mol. The molecule has 8 heteroatoms. The summed E-state index contributed by atoms with van der Waals surface area (Å²) < 4.78 is 0. The third-order valence-corrected chi connectivity index (χ3v) is 4.99. The highest BCUT2D eigenvalue weighted by molar-refractivity contribution is 14.0. The van der Waals surface area contributed by atoms with Gasteiger partial charge in [0.2, 0.25) is 5.91 Å². The topological polar surface area (TPSA) is 82.8 Å². The molecular formula is C18H29ClIN5O. The molecule has 1 heterocycles. The van der Waals surface area contributed by atoms with Crippen LogP contribution in [-0.4, -0.2) is 49.0 Å². The molecule has 1 amide bonds. The van der Waals surface area contributed by atoms with Crippen molar-refractivity contribution in [2.75, 3.05) is 31.5 Å². The largest absolute Gasteiger partial charge is 0.370 e. The van der Waals surface area contributed by atoms with Crippen molar-refractivity contribution >= 4 is 53.1 Å². The smallest absolute Gasteiger partial charge is 0.226 e. The zero-order valence-corrected chi connectivity index (χ0v) is 18.5. The summed E-state index contributed by atoms with van der Waals surface area (Å²) in [6.07, 6.45) is 2.71. The number of likely N-dealkylation sites (N-methyl/N-ethyl adjacent to an activating group) is 1. The summed E-state index contributed by atoms with van der Waals surface area (Å²) in [6, 6.07) is 5.94. The average molecular weight is 494 g/mol. The Hall–Kier alpha value is -1.06. The Kier molecular flexibility index (Phi) is 10.3. The summed E-state index contributed by atoms with van der Waals surface area (Å²) in [6.45, 7) is 7.40. The van der Waals surface area contributed by atoms with Crippen molar-refractivity contribution in [2.45, 2.75) is 39.2 Å². The van der Waals surface area contributed by atoms with Gasteiger partial charge in [0.05, 0.1) is 6.54 Å². The Morgan fingerprint density at radius 1 is 1.46 bits per heavy atom. The zero-order chi connectivity index (χ0) is 18.2. The first-order valence-electron chi connectivity index (χ1n) is 8.84. The van der Waals surface area contributed by atoms with Crippen LogP contribution in [0.5, 0.6) is 0 Å². The van der Waals surface area contributed by atoms with E-state index in [1.54, 1.807) is 6.07 Å². The highest BCUT2D eigenvalue weighted by Crippen LogP contribution is 2.22. The van der Waals surface area contributed by atoms with E-state index < -0.39 is 0 Å². The number of carbonyl (C=O) groups excluding carboxylic acids is 1. The highest BCUT2D eigenvalue weighted by Gasteiger charge is 2.22. The van der Waals surface area contributed by atoms with Crippen LogP contribution in [0.25, 0.3) is 0 Å². The number of hydrogen-bond acceptors (Lipinski definition) is 3. The summed E-state index contributed by atoms with van der Waals surface area (Å²) in [5, 5.41) is 6.51. The molecule has 0 radical (unpaired) electrons. The van der Waals surface area contributed by atoms with Gasteiger partial charge in [-0.15, -0.1) is 24.0 Å². The number of nitrogens with two attached hydrogens (primary N) is 1. The number of halogens is 2. The Balaban J connectivity index is 0.00000338. The number of rotatable bonds is 7. The van der Waals surface area contributed by atoms with Gasteiger partial charge in [0.25, 0.3) is 0 Å². The Morgan fingerprint density at radius 2 is 2.23 bits per heavy atom. The predicted octanol–water partition coefficient (Wildman–Crippen LogP) is 2.98. The maximum Gasteiger partial charge on any atom is 0.226 e. The van der Waals surface area contributed by atoms with E-state index in [1.807, 2.05) is 19.1 Å². The van der Waals surface area contributed by atoms with E-state index in [4.69, 9.17) is 17.3 Å². The third kappa shape index (κ3) is 6.92. The highest BCUT2D eigenvalue weighted by atomic mass is 127. The van der Waals surface area contributed by atoms with E-state index in [9.17, 15) is 4.79 Å². The molecule has 0 bridgehead atoms. The van der Waals surface area contributed by atoms with Crippen LogP contribution in [0, 0.1) is 6.92 Å². The third-order valence-electron chi connectivity index (χ3n) is 4.58. The summed E-state index contributed by atoms with van der Waals surface area (Å²) in [5.41, 5.74) is 7.49. The van der Waals surface area contributed by atoms with E-state index in [0.717, 1.165) is 24.3 Å². The molecule has 0 spiro atoms. The molecule has 6 nitrogen and oxygen atoms in total. The molecule has 4 N–H and O–H groups in total. The maximum atomic E-state index is 12.0. The van der Waals surface area contributed by atoms with Gasteiger partial charge in [0, 0.05) is 29.7 Å². The molecule has 0 saturated carbocycles. The summed E-state index contributed by atoms with van der Waals surface area (Å²) >= 11 is 6.05. The van der Waals surface area contributed by atoms with Gasteiger partial charge in [-0.05, 0) is 50.6 Å². The van der Waals surface area contributed by atoms with Crippen LogP contribution in [0.4, 0.5) is 5.69 Å². The first-order valence-corrected chi connectivity index (χ1v) is 9.21. The number of nitrogens with zero attached hydrogens (tertiary/aromatic N) is 2. The van der Waals surface area contributed by atoms with Crippen LogP contribution in [0.3, 0.4) is 0 Å². The van der Waals surface area contributed by atoms with Gasteiger partial charge in [0.15, 0.2) is 5.96 Å². The Labute approximate surface area is 178 Å². The number of amides is 1. The van der Waals surface area contributed by atoms with Gasteiger partial charge in [0.1, 0.15) is 0 Å². The molecule has 146 valence electrons. The molecule has 26 heavy (non-hydrogen) atoms. The summed E-state index contributed by atoms with van der Waals surface area (Å²) in [4.78, 5) is 18.9. The van der Waals surface area contributed by atoms with E-state index in [0.29, 0.717) is 36.5 Å². The minimum atomic E-state index is -0.0846. The van der Waals surface area contributed by atoms with E-state index >= 15 is 0 Å². The molecule has 1 aliphatic heterocycles. The Bertz CT molecular complexity index is 626. The van der Waals surface area contributed by atoms with Gasteiger partial charge >= 0.3 is 0 Å². The lowest BCUT2D eigenvalue weighted by Gasteiger charge is -2.20. The van der Waals surface area contributed by atoms with Crippen LogP contribution in [0.2, 0.25) is 5.02 Å². The van der Waals surface area contributed by atoms with E-state index in [1.165, 1.54) is 12.8 Å². The quantitative estimate of drug-likeness (QED) is 0.310. The fourth-order valence-corrected chi connectivity index (χ4v) is 3.21. The van der Waals surface area contributed by atoms with Gasteiger partial charge in [-0.3, -0.25) is 14.7 Å². The molecule has 1 aromatic carbocycles. The number of benzene rings is 1. The molecule has 0 aromatic heterocycles. The van der Waals surface area contributed by atoms with Crippen molar-refractivity contribution in [3.05, 3.63) is 28.8 Å². The predicted molar refractivity (Wildman–Crippen MR) is 120 cm³/mol. The second-order valence-corrected chi connectivity index (χ2v) is 6.70. The van der Waals surface area contributed by atoms with E-state index in [2.05, 4.69) is 27.4 Å². The van der Waals surface area contributed by atoms with Crippen molar-refractivity contribution in [2.24, 2.45) is 10.7 Å². The minimum absolute atomic E-state index is 0. The molecule has 1 aliphatic rings. The lowest BCUT2D eigenvalue weighted by molar-refractivity contribution is -0.116. The maximum absolute atomic E-state index is 12.0. The van der Waals surface area contributed by atoms with Gasteiger partial charge < -0.3 is 16.4 Å². The monoisotopic (exact) mass is 493 g/mol. The van der Waals surface area contributed by atoms with Gasteiger partial charge in [-0.1, -0.05) is 24.6 Å². The van der Waals surface area contributed by atoms with Gasteiger partial charge in [-0.2, -0.15) is 0 Å². The SMILES string of the molecule is CCN1CCCC1CN=C(N)NCCC(=O)Nc1cccc(Cl)c1C.I. The van der Waals surface area contributed by atoms with Crippen LogP contribution < -0.4 is 16.4 Å². The number of likely N-dealkylation sites (tertiary alicyclic amines) is 1. The van der Waals surface area contributed by atoms with Crippen LogP contribution in [-0.2, 0) is 4.79 Å². The first-order chi connectivity index (χ1) is 12.0. The molecule has 1 atom stereocenters. The lowest BCUT2D eigenvalue weighted by Crippen LogP contribution is -2.36. The van der Waals surface area contributed by atoms with Crippen molar-refractivity contribution in [3.8, 4) is 0 Å². The number of guanidine groups is 1. The standard InChI is InChI=1S/C18H28ClN5O.HI/c1-3-24-11-5-6-14(24)12-22-18(20)21-10-9-17(25)23-16-8-4-7-15(19)13(16)2;/h4,7-8,14H,3,5-6,9-12H2,1-2H3,(H,23,25)(H3,20,21,22);1H.